The van der Waals surface area contributed by atoms with Crippen molar-refractivity contribution in [1.29, 1.82) is 0 Å². The Bertz CT molecular complexity index is 491. The van der Waals surface area contributed by atoms with Gasteiger partial charge >= 0.3 is 0 Å². The van der Waals surface area contributed by atoms with Crippen LogP contribution in [0, 0.1) is 0 Å². The van der Waals surface area contributed by atoms with Crippen molar-refractivity contribution in [2.24, 2.45) is 0 Å². The molecule has 3 rings (SSSR count). The molecule has 1 aromatic carbocycles. The molecular formula is C16H19Cl2NO. The summed E-state index contributed by atoms with van der Waals surface area (Å²) in [6.45, 7) is 4.85. The fourth-order valence-electron chi connectivity index (χ4n) is 3.51. The van der Waals surface area contributed by atoms with E-state index in [4.69, 9.17) is 27.9 Å². The lowest BCUT2D eigenvalue weighted by molar-refractivity contribution is 0.0570. The third-order valence-electron chi connectivity index (χ3n) is 4.37. The number of fused-ring (bicyclic) bond motifs is 2. The Morgan fingerprint density at radius 1 is 1.20 bits per heavy atom. The second kappa shape index (κ2) is 5.97. The van der Waals surface area contributed by atoms with Crippen LogP contribution in [0.25, 0.3) is 0 Å². The molecule has 0 radical (unpaired) electrons. The third-order valence-corrected chi connectivity index (χ3v) is 5.11. The van der Waals surface area contributed by atoms with Gasteiger partial charge in [-0.15, -0.1) is 6.58 Å². The Hall–Kier alpha value is -0.700. The number of hydrogen-bond acceptors (Lipinski definition) is 2. The highest BCUT2D eigenvalue weighted by Crippen LogP contribution is 2.37. The Labute approximate surface area is 130 Å². The predicted molar refractivity (Wildman–Crippen MR) is 83.8 cm³/mol. The van der Waals surface area contributed by atoms with Crippen molar-refractivity contribution in [2.75, 3.05) is 6.54 Å². The van der Waals surface area contributed by atoms with Crippen molar-refractivity contribution in [3.8, 4) is 5.75 Å². The van der Waals surface area contributed by atoms with Gasteiger partial charge in [-0.05, 0) is 37.8 Å². The Morgan fingerprint density at radius 3 is 2.50 bits per heavy atom. The lowest BCUT2D eigenvalue weighted by Crippen LogP contribution is -2.46. The molecular weight excluding hydrogens is 293 g/mol. The van der Waals surface area contributed by atoms with E-state index in [0.29, 0.717) is 22.1 Å². The van der Waals surface area contributed by atoms with Gasteiger partial charge in [0.2, 0.25) is 0 Å². The SMILES string of the molecule is C=CCN1[C@@H]2CC[C@H]1C[C@H](Oc1ccc(Cl)c(Cl)c1)C2. The highest BCUT2D eigenvalue weighted by Gasteiger charge is 2.40. The van der Waals surface area contributed by atoms with E-state index >= 15 is 0 Å². The number of benzene rings is 1. The lowest BCUT2D eigenvalue weighted by Gasteiger charge is -2.38. The van der Waals surface area contributed by atoms with Crippen LogP contribution in [-0.4, -0.2) is 29.6 Å². The smallest absolute Gasteiger partial charge is 0.121 e. The van der Waals surface area contributed by atoms with Crippen molar-refractivity contribution in [2.45, 2.75) is 43.9 Å². The average Bonchev–Trinajstić information content (AvgIpc) is 2.67. The molecule has 2 bridgehead atoms. The van der Waals surface area contributed by atoms with E-state index in [1.807, 2.05) is 18.2 Å². The number of hydrogen-bond donors (Lipinski definition) is 0. The summed E-state index contributed by atoms with van der Waals surface area (Å²) in [5.41, 5.74) is 0. The van der Waals surface area contributed by atoms with E-state index in [1.165, 1.54) is 12.8 Å². The molecule has 0 aromatic heterocycles. The summed E-state index contributed by atoms with van der Waals surface area (Å²) in [5, 5.41) is 1.12. The van der Waals surface area contributed by atoms with Gasteiger partial charge in [0, 0.05) is 24.7 Å². The van der Waals surface area contributed by atoms with Gasteiger partial charge in [-0.3, -0.25) is 4.90 Å². The van der Waals surface area contributed by atoms with Crippen LogP contribution in [0.4, 0.5) is 0 Å². The molecule has 4 heteroatoms. The van der Waals surface area contributed by atoms with E-state index < -0.39 is 0 Å². The van der Waals surface area contributed by atoms with Gasteiger partial charge in [0.05, 0.1) is 10.0 Å². The Kier molecular flexibility index (Phi) is 4.25. The largest absolute Gasteiger partial charge is 0.490 e. The van der Waals surface area contributed by atoms with E-state index in [9.17, 15) is 0 Å². The minimum absolute atomic E-state index is 0.283. The molecule has 2 aliphatic heterocycles. The fourth-order valence-corrected chi connectivity index (χ4v) is 3.80. The summed E-state index contributed by atoms with van der Waals surface area (Å²) in [6.07, 6.45) is 7.02. The highest BCUT2D eigenvalue weighted by molar-refractivity contribution is 6.42. The van der Waals surface area contributed by atoms with E-state index in [2.05, 4.69) is 11.5 Å². The van der Waals surface area contributed by atoms with Crippen molar-refractivity contribution < 1.29 is 4.74 Å². The second-order valence-corrected chi connectivity index (χ2v) is 6.47. The summed E-state index contributed by atoms with van der Waals surface area (Å²) in [7, 11) is 0. The van der Waals surface area contributed by atoms with Gasteiger partial charge in [0.1, 0.15) is 11.9 Å². The second-order valence-electron chi connectivity index (χ2n) is 5.66. The first-order valence-corrected chi connectivity index (χ1v) is 7.91. The predicted octanol–water partition coefficient (Wildman–Crippen LogP) is 4.55. The molecule has 0 spiro atoms. The quantitative estimate of drug-likeness (QED) is 0.756. The van der Waals surface area contributed by atoms with Crippen LogP contribution in [0.3, 0.4) is 0 Å². The van der Waals surface area contributed by atoms with Gasteiger partial charge in [0.15, 0.2) is 0 Å². The van der Waals surface area contributed by atoms with E-state index in [1.54, 1.807) is 6.07 Å². The molecule has 1 aromatic rings. The number of nitrogens with zero attached hydrogens (tertiary/aromatic N) is 1. The molecule has 0 saturated carbocycles. The van der Waals surface area contributed by atoms with Crippen molar-refractivity contribution in [3.63, 3.8) is 0 Å². The third kappa shape index (κ3) is 2.83. The molecule has 0 unspecified atom stereocenters. The maximum Gasteiger partial charge on any atom is 0.121 e. The monoisotopic (exact) mass is 311 g/mol. The van der Waals surface area contributed by atoms with Crippen molar-refractivity contribution in [1.82, 2.24) is 4.90 Å². The normalized spacial score (nSPS) is 29.4. The number of ether oxygens (including phenoxy) is 1. The highest BCUT2D eigenvalue weighted by atomic mass is 35.5. The van der Waals surface area contributed by atoms with Gasteiger partial charge < -0.3 is 4.74 Å². The average molecular weight is 312 g/mol. The molecule has 2 nitrogen and oxygen atoms in total. The standard InChI is InChI=1S/C16H19Cl2NO/c1-2-7-19-11-3-4-12(19)9-14(8-11)20-13-5-6-15(17)16(18)10-13/h2,5-6,10-12,14H,1,3-4,7-9H2/t11-,12+,14-. The molecule has 108 valence electrons. The Morgan fingerprint density at radius 2 is 1.90 bits per heavy atom. The maximum atomic E-state index is 6.10. The topological polar surface area (TPSA) is 12.5 Å². The van der Waals surface area contributed by atoms with Crippen LogP contribution in [0.5, 0.6) is 5.75 Å². The van der Waals surface area contributed by atoms with Crippen molar-refractivity contribution in [3.05, 3.63) is 40.9 Å². The fraction of sp³-hybridized carbons (Fsp3) is 0.500. The van der Waals surface area contributed by atoms with Crippen LogP contribution < -0.4 is 4.74 Å². The first kappa shape index (κ1) is 14.2. The van der Waals surface area contributed by atoms with Crippen LogP contribution in [0.15, 0.2) is 30.9 Å². The first-order chi connectivity index (χ1) is 9.67. The number of halogens is 2. The molecule has 2 aliphatic rings. The van der Waals surface area contributed by atoms with Gasteiger partial charge in [-0.25, -0.2) is 0 Å². The van der Waals surface area contributed by atoms with Crippen LogP contribution >= 0.6 is 23.2 Å². The lowest BCUT2D eigenvalue weighted by atomic mass is 9.99. The molecule has 0 N–H and O–H groups in total. The van der Waals surface area contributed by atoms with E-state index in [0.717, 1.165) is 25.1 Å². The van der Waals surface area contributed by atoms with E-state index in [-0.39, 0.29) is 6.10 Å². The number of rotatable bonds is 4. The molecule has 20 heavy (non-hydrogen) atoms. The summed E-state index contributed by atoms with van der Waals surface area (Å²) >= 11 is 12.0. The van der Waals surface area contributed by atoms with Crippen LogP contribution in [0.2, 0.25) is 10.0 Å². The zero-order valence-corrected chi connectivity index (χ0v) is 12.9. The molecule has 3 atom stereocenters. The first-order valence-electron chi connectivity index (χ1n) is 7.15. The zero-order valence-electron chi connectivity index (χ0n) is 11.4. The molecule has 2 fully saturated rings. The van der Waals surface area contributed by atoms with Crippen LogP contribution in [0.1, 0.15) is 25.7 Å². The van der Waals surface area contributed by atoms with Gasteiger partial charge in [0.25, 0.3) is 0 Å². The molecule has 0 aliphatic carbocycles. The summed E-state index contributed by atoms with van der Waals surface area (Å²) in [5.74, 6) is 0.820. The molecule has 2 saturated heterocycles. The Balaban J connectivity index is 1.65. The van der Waals surface area contributed by atoms with Crippen LogP contribution in [-0.2, 0) is 0 Å². The minimum Gasteiger partial charge on any atom is -0.490 e. The molecule has 2 heterocycles. The summed E-state index contributed by atoms with van der Waals surface area (Å²) < 4.78 is 6.10. The maximum absolute atomic E-state index is 6.10. The zero-order chi connectivity index (χ0) is 14.1. The minimum atomic E-state index is 0.283. The summed E-state index contributed by atoms with van der Waals surface area (Å²) in [6, 6.07) is 6.77. The van der Waals surface area contributed by atoms with Crippen molar-refractivity contribution >= 4 is 23.2 Å². The summed E-state index contributed by atoms with van der Waals surface area (Å²) in [4.78, 5) is 2.57. The molecule has 0 amide bonds. The number of piperidine rings is 1. The van der Waals surface area contributed by atoms with Gasteiger partial charge in [-0.2, -0.15) is 0 Å². The van der Waals surface area contributed by atoms with Gasteiger partial charge in [-0.1, -0.05) is 29.3 Å².